The minimum atomic E-state index is -4.13. The third kappa shape index (κ3) is 3.29. The first-order valence-corrected chi connectivity index (χ1v) is 8.27. The second kappa shape index (κ2) is 5.92. The van der Waals surface area contributed by atoms with E-state index >= 15 is 0 Å². The van der Waals surface area contributed by atoms with E-state index in [1.54, 1.807) is 39.0 Å². The minimum absolute atomic E-state index is 0.408. The number of carboxylic acid groups (broad SMARTS) is 1. The molecule has 3 N–H and O–H groups in total. The number of carboxylic acids is 1. The van der Waals surface area contributed by atoms with Crippen molar-refractivity contribution in [1.29, 1.82) is 0 Å². The van der Waals surface area contributed by atoms with Crippen LogP contribution in [0.25, 0.3) is 0 Å². The number of carbonyl (C=O) groups is 1. The third-order valence-corrected chi connectivity index (χ3v) is 4.82. The van der Waals surface area contributed by atoms with Gasteiger partial charge in [-0.25, -0.2) is 13.2 Å². The van der Waals surface area contributed by atoms with Crippen LogP contribution in [0.5, 0.6) is 5.75 Å². The summed E-state index contributed by atoms with van der Waals surface area (Å²) in [5, 5.41) is 19.1. The normalized spacial score (nSPS) is 11.3. The average molecular weight is 335 g/mol. The van der Waals surface area contributed by atoms with E-state index in [9.17, 15) is 18.3 Å². The zero-order valence-corrected chi connectivity index (χ0v) is 13.7. The summed E-state index contributed by atoms with van der Waals surface area (Å²) in [5.74, 6) is -2.17. The summed E-state index contributed by atoms with van der Waals surface area (Å²) in [6, 6.07) is 7.76. The number of anilines is 1. The summed E-state index contributed by atoms with van der Waals surface area (Å²) in [7, 11) is -4.13. The molecule has 0 aliphatic heterocycles. The number of aryl methyl sites for hydroxylation is 3. The Morgan fingerprint density at radius 1 is 1.09 bits per heavy atom. The fourth-order valence-electron chi connectivity index (χ4n) is 2.28. The lowest BCUT2D eigenvalue weighted by Gasteiger charge is -2.15. The summed E-state index contributed by atoms with van der Waals surface area (Å²) >= 11 is 0. The highest BCUT2D eigenvalue weighted by atomic mass is 32.2. The molecular formula is C16H17NO5S. The molecule has 0 amide bonds. The Morgan fingerprint density at radius 3 is 2.17 bits per heavy atom. The Balaban J connectivity index is 2.59. The van der Waals surface area contributed by atoms with Gasteiger partial charge in [-0.1, -0.05) is 18.2 Å². The van der Waals surface area contributed by atoms with Gasteiger partial charge < -0.3 is 10.2 Å². The van der Waals surface area contributed by atoms with Crippen LogP contribution in [0.2, 0.25) is 0 Å². The molecule has 23 heavy (non-hydrogen) atoms. The van der Waals surface area contributed by atoms with Gasteiger partial charge in [-0.05, 0) is 49.6 Å². The van der Waals surface area contributed by atoms with Crippen LogP contribution < -0.4 is 4.72 Å². The van der Waals surface area contributed by atoms with Crippen LogP contribution in [0.15, 0.2) is 35.2 Å². The molecule has 0 aliphatic rings. The van der Waals surface area contributed by atoms with Crippen LogP contribution in [0.4, 0.5) is 5.69 Å². The minimum Gasteiger partial charge on any atom is -0.506 e. The zero-order chi connectivity index (χ0) is 17.4. The zero-order valence-electron chi connectivity index (χ0n) is 12.9. The van der Waals surface area contributed by atoms with Gasteiger partial charge in [-0.3, -0.25) is 4.72 Å². The molecule has 2 rings (SSSR count). The fraction of sp³-hybridized carbons (Fsp3) is 0.188. The molecule has 0 aromatic heterocycles. The molecule has 122 valence electrons. The van der Waals surface area contributed by atoms with Crippen molar-refractivity contribution in [2.24, 2.45) is 0 Å². The maximum absolute atomic E-state index is 12.6. The van der Waals surface area contributed by atoms with E-state index in [0.29, 0.717) is 11.3 Å². The molecule has 0 bridgehead atoms. The summed E-state index contributed by atoms with van der Waals surface area (Å²) in [6.07, 6.45) is 0. The summed E-state index contributed by atoms with van der Waals surface area (Å²) in [4.78, 5) is 10.7. The molecule has 0 heterocycles. The van der Waals surface area contributed by atoms with Gasteiger partial charge in [0.1, 0.15) is 10.5 Å². The second-order valence-corrected chi connectivity index (χ2v) is 6.99. The summed E-state index contributed by atoms with van der Waals surface area (Å²) < 4.78 is 27.6. The van der Waals surface area contributed by atoms with Gasteiger partial charge >= 0.3 is 5.97 Å². The van der Waals surface area contributed by atoms with Crippen molar-refractivity contribution in [3.63, 3.8) is 0 Å². The van der Waals surface area contributed by atoms with Gasteiger partial charge in [0.05, 0.1) is 5.69 Å². The Kier molecular flexibility index (Phi) is 4.33. The summed E-state index contributed by atoms with van der Waals surface area (Å²) in [5.41, 5.74) is 1.82. The number of hydrogen-bond donors (Lipinski definition) is 3. The van der Waals surface area contributed by atoms with E-state index in [-0.39, 0.29) is 0 Å². The number of hydrogen-bond acceptors (Lipinski definition) is 4. The molecule has 0 aliphatic carbocycles. The van der Waals surface area contributed by atoms with E-state index in [2.05, 4.69) is 4.72 Å². The molecular weight excluding hydrogens is 318 g/mol. The quantitative estimate of drug-likeness (QED) is 0.797. The van der Waals surface area contributed by atoms with Crippen molar-refractivity contribution in [3.05, 3.63) is 52.6 Å². The Hall–Kier alpha value is -2.54. The first-order chi connectivity index (χ1) is 10.6. The van der Waals surface area contributed by atoms with E-state index in [1.807, 2.05) is 0 Å². The molecule has 0 unspecified atom stereocenters. The maximum atomic E-state index is 12.6. The molecule has 2 aromatic carbocycles. The molecule has 0 spiro atoms. The van der Waals surface area contributed by atoms with E-state index in [1.165, 1.54) is 12.1 Å². The van der Waals surface area contributed by atoms with Gasteiger partial charge in [0.25, 0.3) is 10.0 Å². The highest BCUT2D eigenvalue weighted by Crippen LogP contribution is 2.31. The van der Waals surface area contributed by atoms with Gasteiger partial charge in [0.15, 0.2) is 5.75 Å². The number of aromatic carboxylic acids is 1. The first-order valence-electron chi connectivity index (χ1n) is 6.79. The van der Waals surface area contributed by atoms with Crippen molar-refractivity contribution < 1.29 is 23.4 Å². The third-order valence-electron chi connectivity index (χ3n) is 3.46. The molecule has 0 atom stereocenters. The van der Waals surface area contributed by atoms with Crippen molar-refractivity contribution >= 4 is 21.7 Å². The lowest BCUT2D eigenvalue weighted by molar-refractivity contribution is 0.0693. The molecule has 7 heteroatoms. The van der Waals surface area contributed by atoms with Crippen LogP contribution in [0.1, 0.15) is 27.0 Å². The van der Waals surface area contributed by atoms with E-state index in [4.69, 9.17) is 5.11 Å². The predicted octanol–water partition coefficient (Wildman–Crippen LogP) is 2.82. The average Bonchev–Trinajstić information content (AvgIpc) is 2.45. The number of nitrogens with one attached hydrogen (secondary N) is 1. The Morgan fingerprint density at radius 2 is 1.65 bits per heavy atom. The monoisotopic (exact) mass is 335 g/mol. The number of sulfonamides is 1. The number of phenols is 1. The van der Waals surface area contributed by atoms with Crippen molar-refractivity contribution in [1.82, 2.24) is 0 Å². The van der Waals surface area contributed by atoms with Crippen LogP contribution in [-0.4, -0.2) is 24.6 Å². The van der Waals surface area contributed by atoms with E-state index in [0.717, 1.165) is 11.1 Å². The second-order valence-electron chi connectivity index (χ2n) is 5.34. The standard InChI is InChI=1S/C16H17NO5S/c1-9-7-12(16(19)20)15(18)13(8-9)23(21,22)17-14-10(2)5-4-6-11(14)3/h4-8,17-18H,1-3H3,(H,19,20). The number of benzene rings is 2. The maximum Gasteiger partial charge on any atom is 0.339 e. The molecule has 0 saturated heterocycles. The molecule has 0 radical (unpaired) electrons. The van der Waals surface area contributed by atoms with Crippen LogP contribution >= 0.6 is 0 Å². The van der Waals surface area contributed by atoms with Crippen LogP contribution in [-0.2, 0) is 10.0 Å². The van der Waals surface area contributed by atoms with Gasteiger partial charge in [0.2, 0.25) is 0 Å². The molecule has 6 nitrogen and oxygen atoms in total. The highest BCUT2D eigenvalue weighted by molar-refractivity contribution is 7.92. The number of aromatic hydroxyl groups is 1. The van der Waals surface area contributed by atoms with Crippen molar-refractivity contribution in [2.75, 3.05) is 4.72 Å². The Bertz CT molecular complexity index is 867. The van der Waals surface area contributed by atoms with E-state index < -0.39 is 32.2 Å². The first kappa shape index (κ1) is 16.8. The fourth-order valence-corrected chi connectivity index (χ4v) is 3.68. The van der Waals surface area contributed by atoms with Gasteiger partial charge in [-0.15, -0.1) is 0 Å². The lowest BCUT2D eigenvalue weighted by Crippen LogP contribution is -2.16. The topological polar surface area (TPSA) is 104 Å². The smallest absolute Gasteiger partial charge is 0.339 e. The largest absolute Gasteiger partial charge is 0.506 e. The van der Waals surface area contributed by atoms with Crippen LogP contribution in [0, 0.1) is 20.8 Å². The van der Waals surface area contributed by atoms with Crippen molar-refractivity contribution in [2.45, 2.75) is 25.7 Å². The molecule has 0 fully saturated rings. The van der Waals surface area contributed by atoms with Gasteiger partial charge in [0, 0.05) is 0 Å². The Labute approximate surface area is 134 Å². The SMILES string of the molecule is Cc1cc(C(=O)O)c(O)c(S(=O)(=O)Nc2c(C)cccc2C)c1. The lowest BCUT2D eigenvalue weighted by atomic mass is 10.1. The summed E-state index contributed by atoms with van der Waals surface area (Å²) in [6.45, 7) is 5.07. The van der Waals surface area contributed by atoms with Crippen molar-refractivity contribution in [3.8, 4) is 5.75 Å². The molecule has 2 aromatic rings. The number of rotatable bonds is 4. The predicted molar refractivity (Wildman–Crippen MR) is 86.5 cm³/mol. The highest BCUT2D eigenvalue weighted by Gasteiger charge is 2.25. The number of para-hydroxylation sites is 1. The molecule has 0 saturated carbocycles. The van der Waals surface area contributed by atoms with Gasteiger partial charge in [-0.2, -0.15) is 0 Å². The van der Waals surface area contributed by atoms with Crippen LogP contribution in [0.3, 0.4) is 0 Å².